The molecule has 0 saturated carbocycles. The van der Waals surface area contributed by atoms with E-state index in [1.54, 1.807) is 24.8 Å². The summed E-state index contributed by atoms with van der Waals surface area (Å²) in [5.74, 6) is -0.996. The van der Waals surface area contributed by atoms with E-state index in [1.807, 2.05) is 0 Å². The first-order valence-electron chi connectivity index (χ1n) is 10.5. The van der Waals surface area contributed by atoms with E-state index in [4.69, 9.17) is 0 Å². The molecule has 0 radical (unpaired) electrons. The fourth-order valence-electron chi connectivity index (χ4n) is 3.55. The Bertz CT molecular complexity index is 1050. The van der Waals surface area contributed by atoms with Crippen molar-refractivity contribution < 1.29 is 22.4 Å². The molecular weight excluding hydrogens is 455 g/mol. The molecule has 2 N–H and O–H groups in total. The molecule has 1 aromatic carbocycles. The summed E-state index contributed by atoms with van der Waals surface area (Å²) in [7, 11) is -3.58. The number of hydrogen-bond acceptors (Lipinski definition) is 5. The van der Waals surface area contributed by atoms with Crippen LogP contribution in [0.4, 0.5) is 19.9 Å². The van der Waals surface area contributed by atoms with Crippen LogP contribution in [-0.2, 0) is 14.8 Å². The standard InChI is InChI=1S/C21H27FN4O4S2/c1-3-26(4-2)32(29,30)19-12-11-18(31-19)24-21(28)25-13-5-6-15(14-25)20(27)23-17-9-7-16(22)8-10-17/h7-12,15H,3-6,13-14H2,1-2H3,(H,23,27)(H,24,28)/t15-/m0/s1. The van der Waals surface area contributed by atoms with Crippen molar-refractivity contribution in [1.29, 1.82) is 0 Å². The second-order valence-electron chi connectivity index (χ2n) is 7.42. The van der Waals surface area contributed by atoms with Gasteiger partial charge in [0.05, 0.1) is 10.9 Å². The van der Waals surface area contributed by atoms with E-state index in [2.05, 4.69) is 10.6 Å². The van der Waals surface area contributed by atoms with Crippen molar-refractivity contribution >= 4 is 44.0 Å². The molecule has 11 heteroatoms. The zero-order chi connectivity index (χ0) is 23.3. The maximum Gasteiger partial charge on any atom is 0.322 e. The summed E-state index contributed by atoms with van der Waals surface area (Å²) in [5.41, 5.74) is 0.499. The lowest BCUT2D eigenvalue weighted by Gasteiger charge is -2.31. The quantitative estimate of drug-likeness (QED) is 0.627. The SMILES string of the molecule is CCN(CC)S(=O)(=O)c1ccc(NC(=O)N2CCC[C@H](C(=O)Nc3ccc(F)cc3)C2)s1. The first-order valence-corrected chi connectivity index (χ1v) is 12.7. The molecule has 1 aromatic heterocycles. The first-order chi connectivity index (χ1) is 15.2. The van der Waals surface area contributed by atoms with Gasteiger partial charge < -0.3 is 10.2 Å². The summed E-state index contributed by atoms with van der Waals surface area (Å²) >= 11 is 1.00. The largest absolute Gasteiger partial charge is 0.326 e. The van der Waals surface area contributed by atoms with E-state index in [0.29, 0.717) is 43.2 Å². The number of nitrogens with one attached hydrogen (secondary N) is 2. The number of carbonyl (C=O) groups excluding carboxylic acids is 2. The number of amides is 3. The Kier molecular flexibility index (Phi) is 7.86. The number of benzene rings is 1. The van der Waals surface area contributed by atoms with Crippen LogP contribution in [0.3, 0.4) is 0 Å². The number of thiophene rings is 1. The predicted molar refractivity (Wildman–Crippen MR) is 123 cm³/mol. The van der Waals surface area contributed by atoms with Crippen molar-refractivity contribution in [3.8, 4) is 0 Å². The zero-order valence-electron chi connectivity index (χ0n) is 18.0. The highest BCUT2D eigenvalue weighted by Gasteiger charge is 2.29. The summed E-state index contributed by atoms with van der Waals surface area (Å²) < 4.78 is 39.8. The average molecular weight is 483 g/mol. The highest BCUT2D eigenvalue weighted by atomic mass is 32.2. The van der Waals surface area contributed by atoms with Crippen LogP contribution < -0.4 is 10.6 Å². The first kappa shape index (κ1) is 24.1. The third-order valence-corrected chi connectivity index (χ3v) is 8.82. The molecule has 8 nitrogen and oxygen atoms in total. The Morgan fingerprint density at radius 1 is 1.12 bits per heavy atom. The molecule has 1 atom stereocenters. The van der Waals surface area contributed by atoms with Crippen LogP contribution in [-0.4, -0.2) is 55.7 Å². The molecule has 2 aromatic rings. The van der Waals surface area contributed by atoms with Crippen LogP contribution >= 0.6 is 11.3 Å². The van der Waals surface area contributed by atoms with Crippen LogP contribution in [0.1, 0.15) is 26.7 Å². The smallest absolute Gasteiger partial charge is 0.322 e. The Labute approximate surface area is 191 Å². The topological polar surface area (TPSA) is 98.8 Å². The van der Waals surface area contributed by atoms with Gasteiger partial charge in [0.2, 0.25) is 5.91 Å². The zero-order valence-corrected chi connectivity index (χ0v) is 19.6. The average Bonchev–Trinajstić information content (AvgIpc) is 3.25. The van der Waals surface area contributed by atoms with E-state index in [1.165, 1.54) is 34.6 Å². The van der Waals surface area contributed by atoms with Crippen molar-refractivity contribution in [2.24, 2.45) is 5.92 Å². The summed E-state index contributed by atoms with van der Waals surface area (Å²) in [6, 6.07) is 8.20. The highest BCUT2D eigenvalue weighted by Crippen LogP contribution is 2.29. The van der Waals surface area contributed by atoms with Gasteiger partial charge in [0.1, 0.15) is 10.0 Å². The lowest BCUT2D eigenvalue weighted by atomic mass is 9.97. The van der Waals surface area contributed by atoms with Gasteiger partial charge in [-0.2, -0.15) is 4.31 Å². The second-order valence-corrected chi connectivity index (χ2v) is 10.7. The maximum atomic E-state index is 13.0. The fraction of sp³-hybridized carbons (Fsp3) is 0.429. The maximum absolute atomic E-state index is 13.0. The van der Waals surface area contributed by atoms with E-state index < -0.39 is 10.0 Å². The van der Waals surface area contributed by atoms with Crippen LogP contribution in [0.25, 0.3) is 0 Å². The van der Waals surface area contributed by atoms with Gasteiger partial charge in [-0.15, -0.1) is 11.3 Å². The lowest BCUT2D eigenvalue weighted by molar-refractivity contribution is -0.121. The van der Waals surface area contributed by atoms with Gasteiger partial charge in [0, 0.05) is 31.9 Å². The van der Waals surface area contributed by atoms with E-state index in [-0.39, 0.29) is 34.4 Å². The number of piperidine rings is 1. The monoisotopic (exact) mass is 482 g/mol. The highest BCUT2D eigenvalue weighted by molar-refractivity contribution is 7.91. The van der Waals surface area contributed by atoms with Crippen LogP contribution in [0.2, 0.25) is 0 Å². The van der Waals surface area contributed by atoms with Crippen molar-refractivity contribution in [2.45, 2.75) is 30.9 Å². The molecule has 1 aliphatic rings. The Balaban J connectivity index is 1.60. The molecule has 3 rings (SSSR count). The number of halogens is 1. The van der Waals surface area contributed by atoms with Crippen LogP contribution in [0.15, 0.2) is 40.6 Å². The summed E-state index contributed by atoms with van der Waals surface area (Å²) in [6.07, 6.45) is 1.31. The minimum Gasteiger partial charge on any atom is -0.326 e. The molecule has 2 heterocycles. The summed E-state index contributed by atoms with van der Waals surface area (Å²) in [5, 5.41) is 5.93. The summed E-state index contributed by atoms with van der Waals surface area (Å²) in [6.45, 7) is 5.03. The second kappa shape index (κ2) is 10.4. The van der Waals surface area contributed by atoms with Crippen molar-refractivity contribution in [3.05, 3.63) is 42.2 Å². The Morgan fingerprint density at radius 2 is 1.81 bits per heavy atom. The summed E-state index contributed by atoms with van der Waals surface area (Å²) in [4.78, 5) is 26.9. The molecule has 0 spiro atoms. The minimum absolute atomic E-state index is 0.173. The van der Waals surface area contributed by atoms with E-state index in [9.17, 15) is 22.4 Å². The lowest BCUT2D eigenvalue weighted by Crippen LogP contribution is -2.45. The molecule has 3 amide bonds. The third kappa shape index (κ3) is 5.64. The molecule has 0 bridgehead atoms. The van der Waals surface area contributed by atoms with E-state index in [0.717, 1.165) is 11.3 Å². The number of likely N-dealkylation sites (tertiary alicyclic amines) is 1. The van der Waals surface area contributed by atoms with Gasteiger partial charge in [-0.1, -0.05) is 13.8 Å². The van der Waals surface area contributed by atoms with Crippen LogP contribution in [0.5, 0.6) is 0 Å². The normalized spacial score (nSPS) is 16.8. The Morgan fingerprint density at radius 3 is 2.47 bits per heavy atom. The number of sulfonamides is 1. The molecular formula is C21H27FN4O4S2. The van der Waals surface area contributed by atoms with Gasteiger partial charge in [-0.25, -0.2) is 17.6 Å². The van der Waals surface area contributed by atoms with Crippen LogP contribution in [0, 0.1) is 11.7 Å². The number of anilines is 2. The number of hydrogen-bond donors (Lipinski definition) is 2. The van der Waals surface area contributed by atoms with Gasteiger partial charge in [0.25, 0.3) is 10.0 Å². The van der Waals surface area contributed by atoms with E-state index >= 15 is 0 Å². The van der Waals surface area contributed by atoms with Crippen molar-refractivity contribution in [2.75, 3.05) is 36.8 Å². The molecule has 1 aliphatic heterocycles. The molecule has 1 saturated heterocycles. The number of rotatable bonds is 7. The van der Waals surface area contributed by atoms with Gasteiger partial charge in [-0.05, 0) is 49.2 Å². The molecule has 174 valence electrons. The van der Waals surface area contributed by atoms with Crippen molar-refractivity contribution in [1.82, 2.24) is 9.21 Å². The molecule has 1 fully saturated rings. The number of carbonyl (C=O) groups is 2. The molecule has 0 aliphatic carbocycles. The van der Waals surface area contributed by atoms with Gasteiger partial charge in [0.15, 0.2) is 0 Å². The number of nitrogens with zero attached hydrogens (tertiary/aromatic N) is 2. The number of urea groups is 1. The molecule has 0 unspecified atom stereocenters. The molecule has 32 heavy (non-hydrogen) atoms. The Hall–Kier alpha value is -2.50. The third-order valence-electron chi connectivity index (χ3n) is 5.30. The van der Waals surface area contributed by atoms with Gasteiger partial charge >= 0.3 is 6.03 Å². The van der Waals surface area contributed by atoms with Gasteiger partial charge in [-0.3, -0.25) is 10.1 Å². The predicted octanol–water partition coefficient (Wildman–Crippen LogP) is 3.80. The minimum atomic E-state index is -3.58. The fourth-order valence-corrected chi connectivity index (χ4v) is 6.36. The van der Waals surface area contributed by atoms with Crippen molar-refractivity contribution in [3.63, 3.8) is 0 Å².